The van der Waals surface area contributed by atoms with Crippen molar-refractivity contribution in [3.05, 3.63) is 36.5 Å². The summed E-state index contributed by atoms with van der Waals surface area (Å²) in [6.07, 6.45) is 14.5. The maximum Gasteiger partial charge on any atom is 0.0699 e. The maximum absolute atomic E-state index is 6.07. The van der Waals surface area contributed by atoms with E-state index in [0.717, 1.165) is 6.42 Å². The predicted octanol–water partition coefficient (Wildman–Crippen LogP) is 4.21. The van der Waals surface area contributed by atoms with Gasteiger partial charge in [-0.25, -0.2) is 0 Å². The molecule has 0 nitrogen and oxygen atoms in total. The summed E-state index contributed by atoms with van der Waals surface area (Å²) in [6, 6.07) is 0. The predicted molar refractivity (Wildman–Crippen MR) is 69.2 cm³/mol. The van der Waals surface area contributed by atoms with Gasteiger partial charge in [-0.1, -0.05) is 62.4 Å². The molecule has 0 amide bonds. The van der Waals surface area contributed by atoms with Crippen LogP contribution < -0.4 is 0 Å². The highest BCUT2D eigenvalue weighted by atomic mass is 14.2. The fourth-order valence-electron chi connectivity index (χ4n) is 2.28. The van der Waals surface area contributed by atoms with E-state index in [1.807, 2.05) is 13.0 Å². The molecule has 15 heavy (non-hydrogen) atoms. The Morgan fingerprint density at radius 3 is 2.73 bits per heavy atom. The third kappa shape index (κ3) is 4.11. The van der Waals surface area contributed by atoms with Gasteiger partial charge in [-0.3, -0.25) is 0 Å². The van der Waals surface area contributed by atoms with E-state index < -0.39 is 0 Å². The molecule has 0 saturated heterocycles. The van der Waals surface area contributed by atoms with Gasteiger partial charge >= 0.3 is 0 Å². The standard InChI is InChI=1S/C14H21B/c1-3-5-8-12(4-2)13-9-6-7-10-14(15)11-13/h3-5,8,13-14H,2,6-7,9-11H2,1H3/b5-3-,12-8+. The molecule has 1 aliphatic rings. The fourth-order valence-corrected chi connectivity index (χ4v) is 2.28. The Bertz CT molecular complexity index is 250. The van der Waals surface area contributed by atoms with Crippen LogP contribution >= 0.6 is 0 Å². The molecule has 2 unspecified atom stereocenters. The van der Waals surface area contributed by atoms with Crippen LogP contribution in [0.5, 0.6) is 0 Å². The van der Waals surface area contributed by atoms with Crippen molar-refractivity contribution < 1.29 is 0 Å². The van der Waals surface area contributed by atoms with E-state index in [1.165, 1.54) is 31.3 Å². The highest BCUT2D eigenvalue weighted by molar-refractivity contribution is 6.11. The lowest BCUT2D eigenvalue weighted by Crippen LogP contribution is -2.04. The van der Waals surface area contributed by atoms with Crippen molar-refractivity contribution in [3.63, 3.8) is 0 Å². The van der Waals surface area contributed by atoms with Crippen molar-refractivity contribution in [3.8, 4) is 0 Å². The van der Waals surface area contributed by atoms with Gasteiger partial charge in [-0.15, -0.1) is 0 Å². The monoisotopic (exact) mass is 200 g/mol. The van der Waals surface area contributed by atoms with E-state index in [0.29, 0.717) is 11.7 Å². The van der Waals surface area contributed by atoms with Crippen LogP contribution in [-0.4, -0.2) is 7.85 Å². The van der Waals surface area contributed by atoms with Crippen molar-refractivity contribution >= 4 is 7.85 Å². The number of rotatable bonds is 3. The molecule has 80 valence electrons. The molecule has 2 radical (unpaired) electrons. The number of allylic oxidation sites excluding steroid dienone is 5. The van der Waals surface area contributed by atoms with Gasteiger partial charge in [-0.2, -0.15) is 0 Å². The first-order chi connectivity index (χ1) is 7.27. The van der Waals surface area contributed by atoms with Gasteiger partial charge in [0, 0.05) is 0 Å². The lowest BCUT2D eigenvalue weighted by molar-refractivity contribution is 0.540. The molecule has 0 aromatic rings. The summed E-state index contributed by atoms with van der Waals surface area (Å²) in [7, 11) is 6.07. The van der Waals surface area contributed by atoms with E-state index in [-0.39, 0.29) is 0 Å². The number of hydrogen-bond acceptors (Lipinski definition) is 0. The van der Waals surface area contributed by atoms with Crippen LogP contribution in [0.2, 0.25) is 5.82 Å². The highest BCUT2D eigenvalue weighted by Crippen LogP contribution is 2.34. The average Bonchev–Trinajstić information content (AvgIpc) is 2.44. The summed E-state index contributed by atoms with van der Waals surface area (Å²) < 4.78 is 0. The van der Waals surface area contributed by atoms with Crippen molar-refractivity contribution in [2.24, 2.45) is 5.92 Å². The molecule has 0 aromatic heterocycles. The van der Waals surface area contributed by atoms with Gasteiger partial charge in [0.15, 0.2) is 0 Å². The molecule has 0 spiro atoms. The molecule has 0 N–H and O–H groups in total. The van der Waals surface area contributed by atoms with Gasteiger partial charge in [0.25, 0.3) is 0 Å². The van der Waals surface area contributed by atoms with Crippen LogP contribution in [0.3, 0.4) is 0 Å². The Labute approximate surface area is 95.6 Å². The molecule has 1 aliphatic carbocycles. The first-order valence-corrected chi connectivity index (χ1v) is 5.98. The highest BCUT2D eigenvalue weighted by Gasteiger charge is 2.18. The van der Waals surface area contributed by atoms with Gasteiger partial charge < -0.3 is 0 Å². The molecule has 1 saturated carbocycles. The van der Waals surface area contributed by atoms with Crippen LogP contribution in [0.15, 0.2) is 36.5 Å². The lowest BCUT2D eigenvalue weighted by Gasteiger charge is -2.18. The quantitative estimate of drug-likeness (QED) is 0.363. The fraction of sp³-hybridized carbons (Fsp3) is 0.571. The molecule has 1 fully saturated rings. The van der Waals surface area contributed by atoms with Gasteiger partial charge in [0.2, 0.25) is 0 Å². The van der Waals surface area contributed by atoms with Crippen LogP contribution in [0.1, 0.15) is 39.0 Å². The van der Waals surface area contributed by atoms with Gasteiger partial charge in [0.05, 0.1) is 7.85 Å². The summed E-state index contributed by atoms with van der Waals surface area (Å²) in [5, 5.41) is 0. The summed E-state index contributed by atoms with van der Waals surface area (Å²) >= 11 is 0. The van der Waals surface area contributed by atoms with Crippen LogP contribution in [0, 0.1) is 5.92 Å². The molecule has 0 heterocycles. The summed E-state index contributed by atoms with van der Waals surface area (Å²) in [5.41, 5.74) is 1.35. The molecular formula is C14H21B. The zero-order valence-electron chi connectivity index (χ0n) is 9.78. The second-order valence-corrected chi connectivity index (χ2v) is 4.37. The molecule has 2 atom stereocenters. The van der Waals surface area contributed by atoms with E-state index in [4.69, 9.17) is 7.85 Å². The zero-order chi connectivity index (χ0) is 11.1. The Balaban J connectivity index is 2.69. The van der Waals surface area contributed by atoms with Crippen molar-refractivity contribution in [1.29, 1.82) is 0 Å². The van der Waals surface area contributed by atoms with Crippen LogP contribution in [-0.2, 0) is 0 Å². The first-order valence-electron chi connectivity index (χ1n) is 5.98. The van der Waals surface area contributed by atoms with Gasteiger partial charge in [0.1, 0.15) is 0 Å². The van der Waals surface area contributed by atoms with Crippen molar-refractivity contribution in [1.82, 2.24) is 0 Å². The molecule has 0 bridgehead atoms. The topological polar surface area (TPSA) is 0 Å². The average molecular weight is 200 g/mol. The Morgan fingerprint density at radius 2 is 2.07 bits per heavy atom. The SMILES string of the molecule is [B]C1CCCCC(/C(C=C)=C/C=C\C)C1. The van der Waals surface area contributed by atoms with E-state index in [1.54, 1.807) is 0 Å². The third-order valence-electron chi connectivity index (χ3n) is 3.15. The Hall–Kier alpha value is -0.715. The second kappa shape index (κ2) is 6.71. The molecule has 0 aromatic carbocycles. The molecule has 0 aliphatic heterocycles. The molecule has 1 rings (SSSR count). The van der Waals surface area contributed by atoms with Crippen molar-refractivity contribution in [2.75, 3.05) is 0 Å². The third-order valence-corrected chi connectivity index (χ3v) is 3.15. The summed E-state index contributed by atoms with van der Waals surface area (Å²) in [5.74, 6) is 1.00. The molecule has 1 heteroatoms. The first kappa shape index (κ1) is 12.4. The zero-order valence-corrected chi connectivity index (χ0v) is 9.78. The van der Waals surface area contributed by atoms with Gasteiger partial charge in [-0.05, 0) is 24.8 Å². The minimum atomic E-state index is 0.381. The van der Waals surface area contributed by atoms with E-state index in [9.17, 15) is 0 Å². The van der Waals surface area contributed by atoms with E-state index >= 15 is 0 Å². The minimum absolute atomic E-state index is 0.381. The second-order valence-electron chi connectivity index (χ2n) is 4.37. The van der Waals surface area contributed by atoms with Crippen LogP contribution in [0.4, 0.5) is 0 Å². The van der Waals surface area contributed by atoms with Crippen molar-refractivity contribution in [2.45, 2.75) is 44.8 Å². The smallest absolute Gasteiger partial charge is 0.0699 e. The molecular weight excluding hydrogens is 179 g/mol. The number of hydrogen-bond donors (Lipinski definition) is 0. The Kier molecular flexibility index (Phi) is 5.53. The normalized spacial score (nSPS) is 29.0. The van der Waals surface area contributed by atoms with E-state index in [2.05, 4.69) is 24.8 Å². The Morgan fingerprint density at radius 1 is 1.33 bits per heavy atom. The lowest BCUT2D eigenvalue weighted by atomic mass is 9.76. The largest absolute Gasteiger partial charge is 0.0988 e. The minimum Gasteiger partial charge on any atom is -0.0988 e. The van der Waals surface area contributed by atoms with Crippen LogP contribution in [0.25, 0.3) is 0 Å². The summed E-state index contributed by atoms with van der Waals surface area (Å²) in [6.45, 7) is 5.94. The maximum atomic E-state index is 6.07. The summed E-state index contributed by atoms with van der Waals surface area (Å²) in [4.78, 5) is 0.